The number of rotatable bonds is 5. The lowest BCUT2D eigenvalue weighted by Gasteiger charge is -2.13. The van der Waals surface area contributed by atoms with Gasteiger partial charge in [-0.05, 0) is 43.1 Å². The maximum atomic E-state index is 4.75. The molecule has 0 heterocycles. The van der Waals surface area contributed by atoms with E-state index in [9.17, 15) is 0 Å². The van der Waals surface area contributed by atoms with Crippen LogP contribution in [0.5, 0.6) is 0 Å². The van der Waals surface area contributed by atoms with Gasteiger partial charge in [-0.2, -0.15) is 12.6 Å². The molecule has 0 aliphatic rings. The van der Waals surface area contributed by atoms with Crippen molar-refractivity contribution in [3.63, 3.8) is 0 Å². The number of aliphatic imine (C=N–C) groups is 1. The number of hydrogen-bond acceptors (Lipinski definition) is 2. The molecule has 0 fully saturated rings. The first-order valence-electron chi connectivity index (χ1n) is 6.47. The molecule has 1 nitrogen and oxygen atoms in total. The number of nitrogens with zero attached hydrogens (tertiary/aromatic N) is 1. The zero-order valence-electron chi connectivity index (χ0n) is 11.8. The summed E-state index contributed by atoms with van der Waals surface area (Å²) < 4.78 is 0. The van der Waals surface area contributed by atoms with E-state index in [4.69, 9.17) is 4.99 Å². The van der Waals surface area contributed by atoms with Gasteiger partial charge in [0.05, 0.1) is 0 Å². The summed E-state index contributed by atoms with van der Waals surface area (Å²) >= 11 is 4.33. The molecule has 0 saturated carbocycles. The molecule has 2 heteroatoms. The van der Waals surface area contributed by atoms with Crippen molar-refractivity contribution in [2.75, 3.05) is 5.75 Å². The van der Waals surface area contributed by atoms with Crippen LogP contribution in [0.1, 0.15) is 39.7 Å². The van der Waals surface area contributed by atoms with Gasteiger partial charge in [-0.3, -0.25) is 4.99 Å². The van der Waals surface area contributed by atoms with Gasteiger partial charge in [0.15, 0.2) is 0 Å². The van der Waals surface area contributed by atoms with Crippen molar-refractivity contribution in [2.24, 2.45) is 10.9 Å². The smallest absolute Gasteiger partial charge is 0.0448 e. The van der Waals surface area contributed by atoms with Gasteiger partial charge < -0.3 is 0 Å². The van der Waals surface area contributed by atoms with Crippen molar-refractivity contribution < 1.29 is 0 Å². The Hall–Kier alpha value is -1.02. The highest BCUT2D eigenvalue weighted by Gasteiger charge is 2.07. The van der Waals surface area contributed by atoms with Crippen LogP contribution in [0.25, 0.3) is 0 Å². The molecular formula is C16H23NS. The van der Waals surface area contributed by atoms with E-state index in [1.807, 2.05) is 18.2 Å². The third-order valence-electron chi connectivity index (χ3n) is 3.07. The first kappa shape index (κ1) is 15.0. The molecular weight excluding hydrogens is 238 g/mol. The zero-order valence-corrected chi connectivity index (χ0v) is 12.7. The fourth-order valence-corrected chi connectivity index (χ4v) is 2.32. The van der Waals surface area contributed by atoms with E-state index >= 15 is 0 Å². The lowest BCUT2D eigenvalue weighted by atomic mass is 9.99. The Kier molecular flexibility index (Phi) is 6.20. The van der Waals surface area contributed by atoms with Crippen molar-refractivity contribution in [3.05, 3.63) is 47.2 Å². The molecule has 0 spiro atoms. The Labute approximate surface area is 116 Å². The van der Waals surface area contributed by atoms with Gasteiger partial charge in [0.2, 0.25) is 0 Å². The Morgan fingerprint density at radius 3 is 2.28 bits per heavy atom. The zero-order chi connectivity index (χ0) is 13.5. The predicted octanol–water partition coefficient (Wildman–Crippen LogP) is 4.75. The molecule has 0 aliphatic carbocycles. The number of hydrogen-bond donors (Lipinski definition) is 1. The second-order valence-electron chi connectivity index (χ2n) is 4.80. The van der Waals surface area contributed by atoms with Crippen LogP contribution in [0.3, 0.4) is 0 Å². The normalized spacial score (nSPS) is 13.8. The standard InChI is InChI=1S/C16H23NS/c1-12(2)16(10-11-18)14(4)17-13(3)15-8-6-5-7-9-15/h5-9,12,18H,10-11H2,1-4H3/b16-14+,17-13?. The van der Waals surface area contributed by atoms with Crippen molar-refractivity contribution in [2.45, 2.75) is 34.1 Å². The molecule has 0 aromatic heterocycles. The van der Waals surface area contributed by atoms with Crippen LogP contribution in [-0.2, 0) is 0 Å². The van der Waals surface area contributed by atoms with Gasteiger partial charge in [0.25, 0.3) is 0 Å². The van der Waals surface area contributed by atoms with Gasteiger partial charge in [-0.25, -0.2) is 0 Å². The van der Waals surface area contributed by atoms with Crippen LogP contribution >= 0.6 is 12.6 Å². The SMILES string of the molecule is CC(=N/C(C)=C(\CCS)C(C)C)c1ccccc1. The maximum absolute atomic E-state index is 4.75. The summed E-state index contributed by atoms with van der Waals surface area (Å²) in [7, 11) is 0. The molecule has 0 bridgehead atoms. The highest BCUT2D eigenvalue weighted by Crippen LogP contribution is 2.20. The van der Waals surface area contributed by atoms with Crippen LogP contribution in [0.15, 0.2) is 46.6 Å². The molecule has 0 N–H and O–H groups in total. The monoisotopic (exact) mass is 261 g/mol. The molecule has 0 unspecified atom stereocenters. The molecule has 0 saturated heterocycles. The molecule has 1 rings (SSSR count). The minimum atomic E-state index is 0.532. The van der Waals surface area contributed by atoms with Gasteiger partial charge in [-0.1, -0.05) is 44.2 Å². The Morgan fingerprint density at radius 1 is 1.17 bits per heavy atom. The summed E-state index contributed by atoms with van der Waals surface area (Å²) in [6.45, 7) is 8.61. The first-order valence-corrected chi connectivity index (χ1v) is 7.10. The van der Waals surface area contributed by atoms with Gasteiger partial charge in [0, 0.05) is 11.4 Å². The van der Waals surface area contributed by atoms with E-state index in [-0.39, 0.29) is 0 Å². The molecule has 98 valence electrons. The molecule has 1 aromatic carbocycles. The van der Waals surface area contributed by atoms with E-state index < -0.39 is 0 Å². The number of allylic oxidation sites excluding steroid dienone is 2. The fraction of sp³-hybridized carbons (Fsp3) is 0.438. The number of thiol groups is 1. The van der Waals surface area contributed by atoms with Gasteiger partial charge in [-0.15, -0.1) is 0 Å². The van der Waals surface area contributed by atoms with Crippen LogP contribution in [0, 0.1) is 5.92 Å². The summed E-state index contributed by atoms with van der Waals surface area (Å²) in [5.74, 6) is 1.41. The highest BCUT2D eigenvalue weighted by molar-refractivity contribution is 7.80. The van der Waals surface area contributed by atoms with Crippen molar-refractivity contribution in [1.29, 1.82) is 0 Å². The molecule has 1 aromatic rings. The molecule has 0 amide bonds. The summed E-state index contributed by atoms with van der Waals surface area (Å²) in [5.41, 5.74) is 4.80. The van der Waals surface area contributed by atoms with E-state index in [0.717, 1.165) is 23.6 Å². The van der Waals surface area contributed by atoms with E-state index in [1.165, 1.54) is 11.1 Å². The Balaban J connectivity index is 3.02. The topological polar surface area (TPSA) is 12.4 Å². The summed E-state index contributed by atoms with van der Waals surface area (Å²) in [4.78, 5) is 4.75. The Morgan fingerprint density at radius 2 is 1.78 bits per heavy atom. The van der Waals surface area contributed by atoms with Gasteiger partial charge in [0.1, 0.15) is 0 Å². The summed E-state index contributed by atoms with van der Waals surface area (Å²) in [6.07, 6.45) is 1.01. The first-order chi connectivity index (χ1) is 8.56. The molecule has 18 heavy (non-hydrogen) atoms. The second-order valence-corrected chi connectivity index (χ2v) is 5.25. The van der Waals surface area contributed by atoms with Crippen LogP contribution in [-0.4, -0.2) is 11.5 Å². The summed E-state index contributed by atoms with van der Waals surface area (Å²) in [6, 6.07) is 10.3. The number of benzene rings is 1. The predicted molar refractivity (Wildman–Crippen MR) is 84.7 cm³/mol. The largest absolute Gasteiger partial charge is 0.258 e. The fourth-order valence-electron chi connectivity index (χ4n) is 2.08. The van der Waals surface area contributed by atoms with E-state index in [1.54, 1.807) is 0 Å². The Bertz CT molecular complexity index is 430. The quantitative estimate of drug-likeness (QED) is 0.580. The van der Waals surface area contributed by atoms with Crippen molar-refractivity contribution in [1.82, 2.24) is 0 Å². The van der Waals surface area contributed by atoms with Crippen molar-refractivity contribution in [3.8, 4) is 0 Å². The van der Waals surface area contributed by atoms with Gasteiger partial charge >= 0.3 is 0 Å². The lowest BCUT2D eigenvalue weighted by Crippen LogP contribution is -2.01. The average Bonchev–Trinajstić information content (AvgIpc) is 2.36. The van der Waals surface area contributed by atoms with Crippen LogP contribution < -0.4 is 0 Å². The minimum absolute atomic E-state index is 0.532. The van der Waals surface area contributed by atoms with E-state index in [2.05, 4.69) is 52.5 Å². The van der Waals surface area contributed by atoms with Crippen LogP contribution in [0.4, 0.5) is 0 Å². The minimum Gasteiger partial charge on any atom is -0.258 e. The third-order valence-corrected chi connectivity index (χ3v) is 3.29. The van der Waals surface area contributed by atoms with E-state index in [0.29, 0.717) is 5.92 Å². The summed E-state index contributed by atoms with van der Waals surface area (Å²) in [5, 5.41) is 0. The average molecular weight is 261 g/mol. The van der Waals surface area contributed by atoms with Crippen molar-refractivity contribution >= 4 is 18.3 Å². The molecule has 0 aliphatic heterocycles. The second kappa shape index (κ2) is 7.42. The molecule has 0 radical (unpaired) electrons. The third kappa shape index (κ3) is 4.34. The molecule has 0 atom stereocenters. The van der Waals surface area contributed by atoms with Crippen LogP contribution in [0.2, 0.25) is 0 Å². The lowest BCUT2D eigenvalue weighted by molar-refractivity contribution is 0.720. The maximum Gasteiger partial charge on any atom is 0.0448 e. The highest BCUT2D eigenvalue weighted by atomic mass is 32.1.